The minimum Gasteiger partial charge on any atom is -0.331 e. The lowest BCUT2D eigenvalue weighted by Gasteiger charge is -2.23. The molecule has 0 N–H and O–H groups in total. The van der Waals surface area contributed by atoms with E-state index in [0.29, 0.717) is 23.8 Å². The number of hydrogen-bond acceptors (Lipinski definition) is 2. The fraction of sp³-hybridized carbons (Fsp3) is 0.333. The van der Waals surface area contributed by atoms with Crippen molar-refractivity contribution in [2.24, 2.45) is 0 Å². The van der Waals surface area contributed by atoms with Crippen LogP contribution < -0.4 is 0 Å². The third kappa shape index (κ3) is 4.17. The molecule has 148 valence electrons. The lowest BCUT2D eigenvalue weighted by atomic mass is 10.1. The van der Waals surface area contributed by atoms with Crippen LogP contribution in [0.1, 0.15) is 42.9 Å². The molecule has 0 aliphatic carbocycles. The van der Waals surface area contributed by atoms with Crippen molar-refractivity contribution in [1.29, 1.82) is 0 Å². The average Bonchev–Trinajstić information content (AvgIpc) is 2.98. The first-order valence-electron chi connectivity index (χ1n) is 9.33. The van der Waals surface area contributed by atoms with Crippen LogP contribution in [0.15, 0.2) is 36.4 Å². The number of halogens is 3. The number of amides is 1. The highest BCUT2D eigenvalue weighted by Crippen LogP contribution is 2.23. The fourth-order valence-corrected chi connectivity index (χ4v) is 3.43. The van der Waals surface area contributed by atoms with E-state index in [-0.39, 0.29) is 12.1 Å². The molecule has 1 aromatic heterocycles. The highest BCUT2D eigenvalue weighted by atomic mass is 35.5. The van der Waals surface area contributed by atoms with Gasteiger partial charge in [0.25, 0.3) is 5.91 Å². The van der Waals surface area contributed by atoms with Gasteiger partial charge in [0.05, 0.1) is 23.1 Å². The Morgan fingerprint density at radius 3 is 2.61 bits per heavy atom. The number of carbonyl (C=O) groups excluding carboxylic acids is 1. The van der Waals surface area contributed by atoms with E-state index in [1.807, 2.05) is 23.6 Å². The van der Waals surface area contributed by atoms with Gasteiger partial charge in [0.15, 0.2) is 0 Å². The fourth-order valence-electron chi connectivity index (χ4n) is 3.27. The van der Waals surface area contributed by atoms with Gasteiger partial charge in [-0.15, -0.1) is 0 Å². The molecule has 0 aliphatic heterocycles. The van der Waals surface area contributed by atoms with Crippen molar-refractivity contribution in [3.05, 3.63) is 64.4 Å². The number of fused-ring (bicyclic) bond motifs is 1. The van der Waals surface area contributed by atoms with E-state index in [2.05, 4.69) is 11.9 Å². The van der Waals surface area contributed by atoms with Gasteiger partial charge in [-0.05, 0) is 43.2 Å². The first-order valence-corrected chi connectivity index (χ1v) is 9.71. The Morgan fingerprint density at radius 2 is 1.93 bits per heavy atom. The zero-order valence-corrected chi connectivity index (χ0v) is 16.6. The molecule has 0 saturated heterocycles. The van der Waals surface area contributed by atoms with E-state index in [9.17, 15) is 13.6 Å². The molecule has 0 saturated carbocycles. The zero-order valence-electron chi connectivity index (χ0n) is 15.9. The number of hydrogen-bond donors (Lipinski definition) is 0. The molecule has 0 fully saturated rings. The van der Waals surface area contributed by atoms with E-state index in [4.69, 9.17) is 11.6 Å². The summed E-state index contributed by atoms with van der Waals surface area (Å²) in [5.74, 6) is -1.34. The normalized spacial score (nSPS) is 11.2. The van der Waals surface area contributed by atoms with Crippen LogP contribution in [0.4, 0.5) is 8.78 Å². The second-order valence-corrected chi connectivity index (χ2v) is 7.10. The Kier molecular flexibility index (Phi) is 6.29. The Morgan fingerprint density at radius 1 is 1.14 bits per heavy atom. The second-order valence-electron chi connectivity index (χ2n) is 6.66. The average molecular weight is 406 g/mol. The molecular weight excluding hydrogens is 384 g/mol. The standard InChI is InChI=1S/C21H22ClF2N3O/c1-3-9-26(21(28)16-7-6-15(23)12-17(16)24)13-20-25-18-8-5-14(22)11-19(18)27(20)10-4-2/h5-8,11-12H,3-4,9-10,13H2,1-2H3. The summed E-state index contributed by atoms with van der Waals surface area (Å²) in [6, 6.07) is 8.48. The van der Waals surface area contributed by atoms with Gasteiger partial charge in [0, 0.05) is 24.2 Å². The minimum atomic E-state index is -0.861. The zero-order chi connectivity index (χ0) is 20.3. The molecule has 0 unspecified atom stereocenters. The third-order valence-corrected chi connectivity index (χ3v) is 4.75. The molecule has 3 rings (SSSR count). The monoisotopic (exact) mass is 405 g/mol. The van der Waals surface area contributed by atoms with Crippen LogP contribution in [0.25, 0.3) is 11.0 Å². The van der Waals surface area contributed by atoms with Gasteiger partial charge in [-0.25, -0.2) is 13.8 Å². The predicted octanol–water partition coefficient (Wildman–Crippen LogP) is 5.43. The van der Waals surface area contributed by atoms with Gasteiger partial charge in [-0.2, -0.15) is 0 Å². The van der Waals surface area contributed by atoms with Crippen molar-refractivity contribution in [3.8, 4) is 0 Å². The summed E-state index contributed by atoms with van der Waals surface area (Å²) in [7, 11) is 0. The van der Waals surface area contributed by atoms with Crippen LogP contribution in [0.5, 0.6) is 0 Å². The molecule has 0 atom stereocenters. The topological polar surface area (TPSA) is 38.1 Å². The van der Waals surface area contributed by atoms with Crippen molar-refractivity contribution in [2.45, 2.75) is 39.8 Å². The summed E-state index contributed by atoms with van der Waals surface area (Å²) >= 11 is 6.14. The number of rotatable bonds is 7. The molecule has 3 aromatic rings. The maximum Gasteiger partial charge on any atom is 0.257 e. The molecular formula is C21H22ClF2N3O. The number of benzene rings is 2. The SMILES string of the molecule is CCCN(Cc1nc2ccc(Cl)cc2n1CCC)C(=O)c1ccc(F)cc1F. The Hall–Kier alpha value is -2.47. The number of aromatic nitrogens is 2. The van der Waals surface area contributed by atoms with Gasteiger partial charge in [-0.1, -0.05) is 25.4 Å². The van der Waals surface area contributed by atoms with Gasteiger partial charge in [-0.3, -0.25) is 4.79 Å². The van der Waals surface area contributed by atoms with Crippen LogP contribution in [-0.4, -0.2) is 26.9 Å². The summed E-state index contributed by atoms with van der Waals surface area (Å²) in [6.45, 7) is 5.39. The molecule has 0 radical (unpaired) electrons. The van der Waals surface area contributed by atoms with Crippen molar-refractivity contribution in [1.82, 2.24) is 14.5 Å². The van der Waals surface area contributed by atoms with Crippen molar-refractivity contribution in [2.75, 3.05) is 6.54 Å². The molecule has 7 heteroatoms. The Bertz CT molecular complexity index is 1000. The molecule has 1 heterocycles. The largest absolute Gasteiger partial charge is 0.331 e. The first-order chi connectivity index (χ1) is 13.4. The van der Waals surface area contributed by atoms with Crippen LogP contribution in [-0.2, 0) is 13.1 Å². The summed E-state index contributed by atoms with van der Waals surface area (Å²) in [6.07, 6.45) is 1.59. The van der Waals surface area contributed by atoms with Crippen LogP contribution in [0.3, 0.4) is 0 Å². The lowest BCUT2D eigenvalue weighted by Crippen LogP contribution is -2.33. The van der Waals surface area contributed by atoms with Gasteiger partial charge in [0.2, 0.25) is 0 Å². The number of carbonyl (C=O) groups is 1. The maximum atomic E-state index is 14.1. The second kappa shape index (κ2) is 8.69. The minimum absolute atomic E-state index is 0.143. The summed E-state index contributed by atoms with van der Waals surface area (Å²) in [5, 5.41) is 0.617. The molecule has 0 aliphatic rings. The van der Waals surface area contributed by atoms with E-state index in [1.165, 1.54) is 6.07 Å². The van der Waals surface area contributed by atoms with Crippen LogP contribution >= 0.6 is 11.6 Å². The summed E-state index contributed by atoms with van der Waals surface area (Å²) < 4.78 is 29.4. The lowest BCUT2D eigenvalue weighted by molar-refractivity contribution is 0.0732. The quantitative estimate of drug-likeness (QED) is 0.525. The summed E-state index contributed by atoms with van der Waals surface area (Å²) in [5.41, 5.74) is 1.56. The highest BCUT2D eigenvalue weighted by Gasteiger charge is 2.22. The third-order valence-electron chi connectivity index (χ3n) is 4.51. The molecule has 0 bridgehead atoms. The summed E-state index contributed by atoms with van der Waals surface area (Å²) in [4.78, 5) is 19.1. The maximum absolute atomic E-state index is 14.1. The number of aryl methyl sites for hydroxylation is 1. The predicted molar refractivity (Wildman–Crippen MR) is 106 cm³/mol. The smallest absolute Gasteiger partial charge is 0.257 e. The highest BCUT2D eigenvalue weighted by molar-refractivity contribution is 6.31. The van der Waals surface area contributed by atoms with E-state index < -0.39 is 17.5 Å². The van der Waals surface area contributed by atoms with Gasteiger partial charge < -0.3 is 9.47 Å². The molecule has 28 heavy (non-hydrogen) atoms. The van der Waals surface area contributed by atoms with E-state index >= 15 is 0 Å². The van der Waals surface area contributed by atoms with Crippen LogP contribution in [0, 0.1) is 11.6 Å². The van der Waals surface area contributed by atoms with Gasteiger partial charge in [0.1, 0.15) is 17.5 Å². The first kappa shape index (κ1) is 20.3. The van der Waals surface area contributed by atoms with Gasteiger partial charge >= 0.3 is 0 Å². The van der Waals surface area contributed by atoms with E-state index in [0.717, 1.165) is 36.1 Å². The van der Waals surface area contributed by atoms with Crippen molar-refractivity contribution < 1.29 is 13.6 Å². The van der Waals surface area contributed by atoms with E-state index in [1.54, 1.807) is 11.0 Å². The number of imidazole rings is 1. The molecule has 1 amide bonds. The molecule has 0 spiro atoms. The molecule has 4 nitrogen and oxygen atoms in total. The van der Waals surface area contributed by atoms with Crippen LogP contribution in [0.2, 0.25) is 5.02 Å². The van der Waals surface area contributed by atoms with Crippen molar-refractivity contribution >= 4 is 28.5 Å². The molecule has 2 aromatic carbocycles. The van der Waals surface area contributed by atoms with Crippen molar-refractivity contribution in [3.63, 3.8) is 0 Å². The Labute approximate surface area is 167 Å². The Balaban J connectivity index is 1.98. The number of nitrogens with zero attached hydrogens (tertiary/aromatic N) is 3.